The molecule has 9 nitrogen and oxygen atoms in total. The summed E-state index contributed by atoms with van der Waals surface area (Å²) in [4.78, 5) is 21.4. The number of nitro benzene ring substituents is 1. The lowest BCUT2D eigenvalue weighted by atomic mass is 10.1. The van der Waals surface area contributed by atoms with E-state index in [1.54, 1.807) is 30.3 Å². The van der Waals surface area contributed by atoms with Crippen LogP contribution in [0.2, 0.25) is 0 Å². The monoisotopic (exact) mass is 447 g/mol. The molecular formula is C17H16F3N3O6S. The summed E-state index contributed by atoms with van der Waals surface area (Å²) in [6.45, 7) is -0.568. The Morgan fingerprint density at radius 3 is 2.37 bits per heavy atom. The average Bonchev–Trinajstić information content (AvgIpc) is 2.64. The molecule has 0 aromatic heterocycles. The molecule has 2 aromatic rings. The van der Waals surface area contributed by atoms with E-state index in [0.29, 0.717) is 5.56 Å². The third kappa shape index (κ3) is 6.07. The van der Waals surface area contributed by atoms with Gasteiger partial charge in [-0.3, -0.25) is 10.1 Å². The van der Waals surface area contributed by atoms with Gasteiger partial charge in [0.15, 0.2) is 0 Å². The molecule has 2 aromatic carbocycles. The molecule has 162 valence electrons. The van der Waals surface area contributed by atoms with Crippen LogP contribution in [-0.4, -0.2) is 32.2 Å². The van der Waals surface area contributed by atoms with Crippen LogP contribution in [-0.2, 0) is 20.8 Å². The van der Waals surface area contributed by atoms with E-state index in [1.165, 1.54) is 0 Å². The smallest absolute Gasteiger partial charge is 0.371 e. The van der Waals surface area contributed by atoms with Gasteiger partial charge in [-0.05, 0) is 24.6 Å². The van der Waals surface area contributed by atoms with E-state index in [0.717, 1.165) is 19.1 Å². The minimum Gasteiger partial charge on any atom is -0.371 e. The van der Waals surface area contributed by atoms with E-state index in [9.17, 15) is 36.5 Å². The molecule has 30 heavy (non-hydrogen) atoms. The van der Waals surface area contributed by atoms with Crippen molar-refractivity contribution in [3.8, 4) is 0 Å². The van der Waals surface area contributed by atoms with E-state index >= 15 is 0 Å². The number of carbonyl (C=O) groups excluding carboxylic acids is 1. The molecule has 0 saturated heterocycles. The third-order valence-electron chi connectivity index (χ3n) is 3.78. The van der Waals surface area contributed by atoms with Crippen molar-refractivity contribution in [2.45, 2.75) is 24.5 Å². The normalized spacial score (nSPS) is 11.6. The molecule has 0 unspecified atom stereocenters. The highest BCUT2D eigenvalue weighted by atomic mass is 32.2. The molecule has 2 N–H and O–H groups in total. The molecule has 0 spiro atoms. The maximum atomic E-state index is 12.4. The van der Waals surface area contributed by atoms with Crippen LogP contribution in [0.25, 0.3) is 0 Å². The molecule has 13 heteroatoms. The van der Waals surface area contributed by atoms with Crippen LogP contribution in [0.1, 0.15) is 11.1 Å². The summed E-state index contributed by atoms with van der Waals surface area (Å²) in [6.07, 6.45) is -5.97. The zero-order valence-corrected chi connectivity index (χ0v) is 16.2. The lowest BCUT2D eigenvalue weighted by Gasteiger charge is -2.13. The zero-order chi connectivity index (χ0) is 22.5. The number of nitro groups is 1. The second kappa shape index (κ2) is 8.98. The molecule has 1 amide bonds. The summed E-state index contributed by atoms with van der Waals surface area (Å²) in [5.41, 5.74) is -1.22. The van der Waals surface area contributed by atoms with Crippen molar-refractivity contribution in [2.24, 2.45) is 0 Å². The van der Waals surface area contributed by atoms with Gasteiger partial charge in [-0.15, -0.1) is 0 Å². The van der Waals surface area contributed by atoms with Crippen LogP contribution in [0.4, 0.5) is 29.3 Å². The highest BCUT2D eigenvalue weighted by Crippen LogP contribution is 2.34. The molecule has 0 atom stereocenters. The second-order valence-corrected chi connectivity index (χ2v) is 7.49. The topological polar surface area (TPSA) is 128 Å². The zero-order valence-electron chi connectivity index (χ0n) is 15.4. The van der Waals surface area contributed by atoms with Crippen molar-refractivity contribution in [1.29, 1.82) is 0 Å². The first-order valence-electron chi connectivity index (χ1n) is 8.25. The van der Waals surface area contributed by atoms with E-state index < -0.39 is 55.7 Å². The first-order chi connectivity index (χ1) is 13.9. The van der Waals surface area contributed by atoms with E-state index in [2.05, 4.69) is 9.50 Å². The van der Waals surface area contributed by atoms with Crippen LogP contribution in [0, 0.1) is 17.0 Å². The number of rotatable bonds is 7. The summed E-state index contributed by atoms with van der Waals surface area (Å²) in [5.74, 6) is 0. The fourth-order valence-corrected chi connectivity index (χ4v) is 3.52. The first kappa shape index (κ1) is 22.9. The molecule has 0 aliphatic rings. The summed E-state index contributed by atoms with van der Waals surface area (Å²) >= 11 is 0. The lowest BCUT2D eigenvalue weighted by Crippen LogP contribution is -2.27. The van der Waals surface area contributed by atoms with Crippen LogP contribution < -0.4 is 10.6 Å². The van der Waals surface area contributed by atoms with Gasteiger partial charge in [-0.25, -0.2) is 4.79 Å². The quantitative estimate of drug-likeness (QED) is 0.378. The lowest BCUT2D eigenvalue weighted by molar-refractivity contribution is -0.384. The summed E-state index contributed by atoms with van der Waals surface area (Å²) < 4.78 is 66.3. The number of carbonyl (C=O) groups is 1. The predicted molar refractivity (Wildman–Crippen MR) is 99.3 cm³/mol. The summed E-state index contributed by atoms with van der Waals surface area (Å²) in [7, 11) is -4.78. The Balaban J connectivity index is 2.22. The van der Waals surface area contributed by atoms with Gasteiger partial charge in [0, 0.05) is 6.54 Å². The van der Waals surface area contributed by atoms with Crippen LogP contribution in [0.15, 0.2) is 47.4 Å². The van der Waals surface area contributed by atoms with Crippen LogP contribution in [0.3, 0.4) is 0 Å². The molecule has 0 bridgehead atoms. The number of halogens is 3. The molecule has 0 radical (unpaired) electrons. The van der Waals surface area contributed by atoms with Crippen molar-refractivity contribution in [3.05, 3.63) is 63.7 Å². The molecule has 0 heterocycles. The van der Waals surface area contributed by atoms with Crippen molar-refractivity contribution in [3.63, 3.8) is 0 Å². The standard InChI is InChI=1S/C17H16F3N3O6S/c1-11-14(8-7-13(15(11)23(25)26)22-10-17(18,19)20)30(27,28)29-16(24)21-9-12-5-3-2-4-6-12/h2-8,22H,9-10H2,1H3,(H,21,24). The van der Waals surface area contributed by atoms with E-state index in [-0.39, 0.29) is 6.54 Å². The Bertz CT molecular complexity index is 1040. The number of alkyl halides is 3. The van der Waals surface area contributed by atoms with Gasteiger partial charge in [-0.1, -0.05) is 30.3 Å². The molecular weight excluding hydrogens is 431 g/mol. The Kier molecular flexibility index (Phi) is 6.87. The Labute approximate surface area is 169 Å². The van der Waals surface area contributed by atoms with Gasteiger partial charge in [0.25, 0.3) is 5.69 Å². The van der Waals surface area contributed by atoms with Crippen LogP contribution in [0.5, 0.6) is 0 Å². The molecule has 0 saturated carbocycles. The predicted octanol–water partition coefficient (Wildman–Crippen LogP) is 3.49. The van der Waals surface area contributed by atoms with Gasteiger partial charge in [0.05, 0.1) is 10.5 Å². The maximum absolute atomic E-state index is 12.4. The summed E-state index contributed by atoms with van der Waals surface area (Å²) in [5, 5.41) is 15.4. The molecule has 2 rings (SSSR count). The number of nitrogens with zero attached hydrogens (tertiary/aromatic N) is 1. The molecule has 0 aliphatic carbocycles. The Morgan fingerprint density at radius 1 is 1.17 bits per heavy atom. The van der Waals surface area contributed by atoms with Crippen molar-refractivity contribution in [2.75, 3.05) is 11.9 Å². The number of hydrogen-bond acceptors (Lipinski definition) is 7. The second-order valence-electron chi connectivity index (χ2n) is 5.97. The number of anilines is 1. The summed E-state index contributed by atoms with van der Waals surface area (Å²) in [6, 6.07) is 10.1. The SMILES string of the molecule is Cc1c(S(=O)(=O)OC(=O)NCc2ccccc2)ccc(NCC(F)(F)F)c1[N+](=O)[O-]. The largest absolute Gasteiger partial charge is 0.423 e. The minimum absolute atomic E-state index is 0.0331. The van der Waals surface area contributed by atoms with Crippen LogP contribution >= 0.6 is 0 Å². The number of amides is 1. The highest BCUT2D eigenvalue weighted by molar-refractivity contribution is 7.87. The van der Waals surface area contributed by atoms with Gasteiger partial charge < -0.3 is 14.8 Å². The van der Waals surface area contributed by atoms with E-state index in [1.807, 2.05) is 5.32 Å². The third-order valence-corrected chi connectivity index (χ3v) is 5.13. The van der Waals surface area contributed by atoms with Crippen molar-refractivity contribution in [1.82, 2.24) is 5.32 Å². The number of nitrogens with one attached hydrogen (secondary N) is 2. The average molecular weight is 447 g/mol. The fourth-order valence-electron chi connectivity index (χ4n) is 2.47. The number of benzene rings is 2. The van der Waals surface area contributed by atoms with Gasteiger partial charge in [0.2, 0.25) is 0 Å². The molecule has 0 aliphatic heterocycles. The molecule has 0 fully saturated rings. The maximum Gasteiger partial charge on any atom is 0.423 e. The van der Waals surface area contributed by atoms with Gasteiger partial charge in [-0.2, -0.15) is 21.6 Å². The fraction of sp³-hybridized carbons (Fsp3) is 0.235. The Hall–Kier alpha value is -3.35. The van der Waals surface area contributed by atoms with Gasteiger partial charge in [0.1, 0.15) is 17.1 Å². The number of hydrogen-bond donors (Lipinski definition) is 2. The van der Waals surface area contributed by atoms with Crippen molar-refractivity contribution >= 4 is 27.6 Å². The minimum atomic E-state index is -4.78. The first-order valence-corrected chi connectivity index (χ1v) is 9.66. The highest BCUT2D eigenvalue weighted by Gasteiger charge is 2.32. The van der Waals surface area contributed by atoms with Crippen molar-refractivity contribution < 1.29 is 35.5 Å². The van der Waals surface area contributed by atoms with E-state index in [4.69, 9.17) is 0 Å². The Morgan fingerprint density at radius 2 is 1.80 bits per heavy atom. The van der Waals surface area contributed by atoms with Gasteiger partial charge >= 0.3 is 22.4 Å².